The van der Waals surface area contributed by atoms with Gasteiger partial charge in [0, 0.05) is 6.54 Å². The second-order valence-electron chi connectivity index (χ2n) is 4.45. The van der Waals surface area contributed by atoms with Gasteiger partial charge in [-0.25, -0.2) is 4.39 Å². The van der Waals surface area contributed by atoms with E-state index in [1.807, 2.05) is 26.0 Å². The second-order valence-corrected chi connectivity index (χ2v) is 4.45. The summed E-state index contributed by atoms with van der Waals surface area (Å²) in [6.45, 7) is 5.81. The highest BCUT2D eigenvalue weighted by molar-refractivity contribution is 5.34. The quantitative estimate of drug-likeness (QED) is 0.746. The molecular formula is C13H18FN. The van der Waals surface area contributed by atoms with E-state index in [2.05, 4.69) is 5.32 Å². The van der Waals surface area contributed by atoms with E-state index in [-0.39, 0.29) is 5.82 Å². The highest BCUT2D eigenvalue weighted by atomic mass is 19.1. The van der Waals surface area contributed by atoms with E-state index >= 15 is 0 Å². The van der Waals surface area contributed by atoms with Gasteiger partial charge in [-0.1, -0.05) is 12.1 Å². The summed E-state index contributed by atoms with van der Waals surface area (Å²) >= 11 is 0. The summed E-state index contributed by atoms with van der Waals surface area (Å²) in [5.74, 6) is 0.363. The molecule has 0 amide bonds. The van der Waals surface area contributed by atoms with Crippen LogP contribution in [0.5, 0.6) is 0 Å². The van der Waals surface area contributed by atoms with Gasteiger partial charge in [0.15, 0.2) is 0 Å². The fourth-order valence-electron chi connectivity index (χ4n) is 2.24. The van der Waals surface area contributed by atoms with Crippen LogP contribution in [0.15, 0.2) is 12.1 Å². The molecule has 0 saturated carbocycles. The van der Waals surface area contributed by atoms with Gasteiger partial charge in [-0.2, -0.15) is 0 Å². The van der Waals surface area contributed by atoms with Crippen LogP contribution in [0, 0.1) is 19.7 Å². The first-order chi connectivity index (χ1) is 7.20. The van der Waals surface area contributed by atoms with Crippen molar-refractivity contribution in [2.24, 2.45) is 0 Å². The lowest BCUT2D eigenvalue weighted by Crippen LogP contribution is -2.29. The van der Waals surface area contributed by atoms with E-state index in [0.717, 1.165) is 42.6 Å². The van der Waals surface area contributed by atoms with E-state index in [1.165, 1.54) is 0 Å². The Kier molecular flexibility index (Phi) is 3.06. The number of halogens is 1. The van der Waals surface area contributed by atoms with E-state index in [1.54, 1.807) is 0 Å². The minimum atomic E-state index is 0.00343. The molecule has 1 atom stereocenters. The molecule has 0 spiro atoms. The van der Waals surface area contributed by atoms with Crippen molar-refractivity contribution in [1.29, 1.82) is 0 Å². The van der Waals surface area contributed by atoms with Crippen molar-refractivity contribution in [1.82, 2.24) is 5.32 Å². The molecule has 82 valence electrons. The summed E-state index contributed by atoms with van der Waals surface area (Å²) in [4.78, 5) is 0. The van der Waals surface area contributed by atoms with Gasteiger partial charge in [0.1, 0.15) is 5.82 Å². The average molecular weight is 207 g/mol. The van der Waals surface area contributed by atoms with Crippen LogP contribution in [0.1, 0.15) is 35.4 Å². The van der Waals surface area contributed by atoms with Gasteiger partial charge in [-0.15, -0.1) is 0 Å². The number of aryl methyl sites for hydroxylation is 1. The lowest BCUT2D eigenvalue weighted by atomic mass is 9.89. The molecule has 1 aliphatic heterocycles. The molecule has 1 aromatic carbocycles. The minimum absolute atomic E-state index is 0.00343. The minimum Gasteiger partial charge on any atom is -0.316 e. The fraction of sp³-hybridized carbons (Fsp3) is 0.538. The molecule has 2 heteroatoms. The van der Waals surface area contributed by atoms with Gasteiger partial charge in [-0.3, -0.25) is 0 Å². The first kappa shape index (κ1) is 10.6. The maximum Gasteiger partial charge on any atom is 0.129 e. The van der Waals surface area contributed by atoms with Gasteiger partial charge >= 0.3 is 0 Å². The number of hydrogen-bond acceptors (Lipinski definition) is 1. The summed E-state index contributed by atoms with van der Waals surface area (Å²) in [6.07, 6.45) is 2.25. The van der Waals surface area contributed by atoms with Crippen molar-refractivity contribution in [3.05, 3.63) is 34.6 Å². The van der Waals surface area contributed by atoms with Crippen molar-refractivity contribution in [3.8, 4) is 0 Å². The molecule has 0 radical (unpaired) electrons. The molecule has 1 unspecified atom stereocenters. The van der Waals surface area contributed by atoms with Crippen molar-refractivity contribution < 1.29 is 4.39 Å². The Morgan fingerprint density at radius 1 is 1.33 bits per heavy atom. The Labute approximate surface area is 90.7 Å². The monoisotopic (exact) mass is 207 g/mol. The first-order valence-corrected chi connectivity index (χ1v) is 5.66. The fourth-order valence-corrected chi connectivity index (χ4v) is 2.24. The molecule has 0 aromatic heterocycles. The Morgan fingerprint density at radius 3 is 2.80 bits per heavy atom. The van der Waals surface area contributed by atoms with Crippen molar-refractivity contribution in [2.45, 2.75) is 32.6 Å². The number of nitrogens with one attached hydrogen (secondary N) is 1. The van der Waals surface area contributed by atoms with Crippen LogP contribution >= 0.6 is 0 Å². The highest BCUT2D eigenvalue weighted by Crippen LogP contribution is 2.28. The van der Waals surface area contributed by atoms with Gasteiger partial charge in [0.2, 0.25) is 0 Å². The second kappa shape index (κ2) is 4.31. The summed E-state index contributed by atoms with van der Waals surface area (Å²) in [5.41, 5.74) is 2.74. The van der Waals surface area contributed by atoms with Crippen LogP contribution in [-0.4, -0.2) is 13.1 Å². The van der Waals surface area contributed by atoms with Crippen LogP contribution in [0.25, 0.3) is 0 Å². The zero-order valence-electron chi connectivity index (χ0n) is 9.44. The van der Waals surface area contributed by atoms with Gasteiger partial charge < -0.3 is 5.32 Å². The van der Waals surface area contributed by atoms with Crippen LogP contribution in [0.4, 0.5) is 4.39 Å². The van der Waals surface area contributed by atoms with Gasteiger partial charge in [0.05, 0.1) is 0 Å². The van der Waals surface area contributed by atoms with E-state index in [9.17, 15) is 4.39 Å². The van der Waals surface area contributed by atoms with E-state index in [0.29, 0.717) is 5.92 Å². The smallest absolute Gasteiger partial charge is 0.129 e. The molecule has 1 aliphatic rings. The zero-order chi connectivity index (χ0) is 10.8. The van der Waals surface area contributed by atoms with Crippen LogP contribution in [0.3, 0.4) is 0 Å². The molecule has 0 bridgehead atoms. The van der Waals surface area contributed by atoms with Crippen molar-refractivity contribution in [2.75, 3.05) is 13.1 Å². The lowest BCUT2D eigenvalue weighted by molar-refractivity contribution is 0.445. The summed E-state index contributed by atoms with van der Waals surface area (Å²) in [6, 6.07) is 3.98. The molecule has 2 rings (SSSR count). The molecule has 1 aromatic rings. The molecule has 1 fully saturated rings. The molecule has 0 aliphatic carbocycles. The zero-order valence-corrected chi connectivity index (χ0v) is 9.44. The third-order valence-corrected chi connectivity index (χ3v) is 3.42. The number of hydrogen-bond donors (Lipinski definition) is 1. The lowest BCUT2D eigenvalue weighted by Gasteiger charge is -2.24. The molecule has 1 nitrogen and oxygen atoms in total. The van der Waals surface area contributed by atoms with E-state index < -0.39 is 0 Å². The average Bonchev–Trinajstić information content (AvgIpc) is 2.27. The first-order valence-electron chi connectivity index (χ1n) is 5.66. The summed E-state index contributed by atoms with van der Waals surface area (Å²) in [5, 5.41) is 3.33. The van der Waals surface area contributed by atoms with Crippen LogP contribution < -0.4 is 5.32 Å². The topological polar surface area (TPSA) is 12.0 Å². The Hall–Kier alpha value is -0.890. The molecule has 1 saturated heterocycles. The van der Waals surface area contributed by atoms with Crippen LogP contribution in [0.2, 0.25) is 0 Å². The van der Waals surface area contributed by atoms with E-state index in [4.69, 9.17) is 0 Å². The summed E-state index contributed by atoms with van der Waals surface area (Å²) < 4.78 is 14.0. The molecule has 15 heavy (non-hydrogen) atoms. The van der Waals surface area contributed by atoms with Crippen molar-refractivity contribution in [3.63, 3.8) is 0 Å². The number of rotatable bonds is 1. The van der Waals surface area contributed by atoms with Gasteiger partial charge in [-0.05, 0) is 55.8 Å². The maximum absolute atomic E-state index is 14.0. The Bertz CT molecular complexity index is 354. The predicted molar refractivity (Wildman–Crippen MR) is 60.7 cm³/mol. The molecule has 1 N–H and O–H groups in total. The van der Waals surface area contributed by atoms with Gasteiger partial charge in [0.25, 0.3) is 0 Å². The Morgan fingerprint density at radius 2 is 2.13 bits per heavy atom. The SMILES string of the molecule is Cc1ccc(C2CCCNC2)c(F)c1C. The normalized spacial score (nSPS) is 21.7. The summed E-state index contributed by atoms with van der Waals surface area (Å²) in [7, 11) is 0. The maximum atomic E-state index is 14.0. The predicted octanol–water partition coefficient (Wildman–Crippen LogP) is 2.91. The molecular weight excluding hydrogens is 189 g/mol. The largest absolute Gasteiger partial charge is 0.316 e. The number of benzene rings is 1. The third-order valence-electron chi connectivity index (χ3n) is 3.42. The third kappa shape index (κ3) is 2.05. The number of piperidine rings is 1. The Balaban J connectivity index is 2.31. The van der Waals surface area contributed by atoms with Crippen molar-refractivity contribution >= 4 is 0 Å². The van der Waals surface area contributed by atoms with Crippen LogP contribution in [-0.2, 0) is 0 Å². The molecule has 1 heterocycles. The highest BCUT2D eigenvalue weighted by Gasteiger charge is 2.19. The standard InChI is InChI=1S/C13H18FN/c1-9-5-6-12(13(14)10(9)2)11-4-3-7-15-8-11/h5-6,11,15H,3-4,7-8H2,1-2H3.